The molecule has 4 rings (SSSR count). The van der Waals surface area contributed by atoms with Crippen LogP contribution in [0.25, 0.3) is 0 Å². The van der Waals surface area contributed by atoms with Gasteiger partial charge in [0.2, 0.25) is 11.8 Å². The van der Waals surface area contributed by atoms with Gasteiger partial charge in [-0.3, -0.25) is 14.4 Å². The number of fused-ring (bicyclic) bond motifs is 1. The second-order valence-electron chi connectivity index (χ2n) is 8.62. The Balaban J connectivity index is 1.63. The van der Waals surface area contributed by atoms with Crippen LogP contribution in [0.5, 0.6) is 0 Å². The van der Waals surface area contributed by atoms with E-state index in [1.165, 1.54) is 0 Å². The summed E-state index contributed by atoms with van der Waals surface area (Å²) in [6, 6.07) is 5.92. The van der Waals surface area contributed by atoms with Crippen molar-refractivity contribution in [2.24, 2.45) is 11.8 Å². The zero-order chi connectivity index (χ0) is 22.9. The third-order valence-corrected chi connectivity index (χ3v) is 7.03. The van der Waals surface area contributed by atoms with Gasteiger partial charge in [-0.05, 0) is 63.3 Å². The van der Waals surface area contributed by atoms with E-state index in [9.17, 15) is 14.4 Å². The molecule has 174 valence electrons. The largest absolute Gasteiger partial charge is 0.466 e. The van der Waals surface area contributed by atoms with Gasteiger partial charge in [0, 0.05) is 23.9 Å². The van der Waals surface area contributed by atoms with Crippen LogP contribution in [0.15, 0.2) is 24.3 Å². The number of aliphatic hydroxyl groups excluding tert-OH is 1. The van der Waals surface area contributed by atoms with Crippen molar-refractivity contribution in [2.75, 3.05) is 25.1 Å². The molecule has 3 aliphatic rings. The van der Waals surface area contributed by atoms with Gasteiger partial charge in [-0.25, -0.2) is 0 Å². The highest BCUT2D eigenvalue weighted by Gasteiger charge is 2.74. The summed E-state index contributed by atoms with van der Waals surface area (Å²) in [5, 5.41) is 12.5. The molecule has 1 spiro atoms. The first-order valence-electron chi connectivity index (χ1n) is 11.2. The summed E-state index contributed by atoms with van der Waals surface area (Å²) in [5.41, 5.74) is -0.464. The van der Waals surface area contributed by atoms with E-state index in [-0.39, 0.29) is 25.0 Å². The van der Waals surface area contributed by atoms with E-state index >= 15 is 0 Å². The fourth-order valence-electron chi connectivity index (χ4n) is 5.51. The highest BCUT2D eigenvalue weighted by atomic mass is 35.5. The Morgan fingerprint density at radius 2 is 2.03 bits per heavy atom. The molecule has 0 aromatic heterocycles. The number of carbonyl (C=O) groups is 3. The first-order chi connectivity index (χ1) is 15.4. The first-order valence-corrected chi connectivity index (χ1v) is 11.6. The number of benzene rings is 1. The molecular formula is C23H29ClN2O6. The fourth-order valence-corrected chi connectivity index (χ4v) is 5.64. The second kappa shape index (κ2) is 9.37. The Hall–Kier alpha value is -2.16. The Morgan fingerprint density at radius 1 is 1.28 bits per heavy atom. The van der Waals surface area contributed by atoms with E-state index in [1.54, 1.807) is 36.1 Å². The molecular weight excluding hydrogens is 436 g/mol. The summed E-state index contributed by atoms with van der Waals surface area (Å²) in [6.45, 7) is 2.39. The molecule has 32 heavy (non-hydrogen) atoms. The molecule has 1 aromatic rings. The standard InChI is InChI=1S/C23H29ClN2O6/c1-2-31-22(30)17-16-10-11-23(32-16)18(17)21(29)26(12-4-3-5-13-27)19(23)20(28)25-15-8-6-14(24)7-9-15/h6-9,16-19,27H,2-5,10-13H2,1H3,(H,25,28)/t16-,17+,18-,19?,23?/m0/s1. The first kappa shape index (κ1) is 23.0. The van der Waals surface area contributed by atoms with Crippen LogP contribution in [0.3, 0.4) is 0 Å². The van der Waals surface area contributed by atoms with Crippen molar-refractivity contribution >= 4 is 35.1 Å². The van der Waals surface area contributed by atoms with Crippen molar-refractivity contribution in [3.63, 3.8) is 0 Å². The van der Waals surface area contributed by atoms with Crippen LogP contribution >= 0.6 is 11.6 Å². The van der Waals surface area contributed by atoms with Crippen LogP contribution in [0.2, 0.25) is 5.02 Å². The number of anilines is 1. The van der Waals surface area contributed by atoms with Crippen molar-refractivity contribution in [3.8, 4) is 0 Å². The predicted octanol–water partition coefficient (Wildman–Crippen LogP) is 2.38. The van der Waals surface area contributed by atoms with E-state index in [0.717, 1.165) is 6.42 Å². The van der Waals surface area contributed by atoms with Crippen LogP contribution in [-0.2, 0) is 23.9 Å². The van der Waals surface area contributed by atoms with Gasteiger partial charge >= 0.3 is 5.97 Å². The maximum atomic E-state index is 13.6. The predicted molar refractivity (Wildman–Crippen MR) is 117 cm³/mol. The minimum Gasteiger partial charge on any atom is -0.466 e. The van der Waals surface area contributed by atoms with E-state index in [1.807, 2.05) is 0 Å². The van der Waals surface area contributed by atoms with Gasteiger partial charge < -0.3 is 24.8 Å². The summed E-state index contributed by atoms with van der Waals surface area (Å²) in [7, 11) is 0. The third kappa shape index (κ3) is 3.89. The highest BCUT2D eigenvalue weighted by Crippen LogP contribution is 2.58. The van der Waals surface area contributed by atoms with Crippen molar-refractivity contribution < 1.29 is 29.0 Å². The van der Waals surface area contributed by atoms with Crippen molar-refractivity contribution in [2.45, 2.75) is 56.8 Å². The highest BCUT2D eigenvalue weighted by molar-refractivity contribution is 6.30. The lowest BCUT2D eigenvalue weighted by Crippen LogP contribution is -2.53. The minimum atomic E-state index is -1.04. The molecule has 8 nitrogen and oxygen atoms in total. The summed E-state index contributed by atoms with van der Waals surface area (Å²) < 4.78 is 11.5. The number of unbranched alkanes of at least 4 members (excludes halogenated alkanes) is 2. The van der Waals surface area contributed by atoms with Crippen LogP contribution in [0, 0.1) is 11.8 Å². The maximum absolute atomic E-state index is 13.6. The number of carbonyl (C=O) groups excluding carboxylic acids is 3. The van der Waals surface area contributed by atoms with Crippen LogP contribution < -0.4 is 5.32 Å². The van der Waals surface area contributed by atoms with Gasteiger partial charge in [-0.15, -0.1) is 0 Å². The summed E-state index contributed by atoms with van der Waals surface area (Å²) in [5.74, 6) is -2.42. The Kier molecular flexibility index (Phi) is 6.74. The number of rotatable bonds is 9. The van der Waals surface area contributed by atoms with Crippen molar-refractivity contribution in [3.05, 3.63) is 29.3 Å². The number of hydrogen-bond donors (Lipinski definition) is 2. The molecule has 0 aliphatic carbocycles. The number of hydrogen-bond acceptors (Lipinski definition) is 6. The van der Waals surface area contributed by atoms with E-state index in [4.69, 9.17) is 26.2 Å². The van der Waals surface area contributed by atoms with E-state index in [0.29, 0.717) is 42.9 Å². The van der Waals surface area contributed by atoms with Gasteiger partial charge in [-0.2, -0.15) is 0 Å². The summed E-state index contributed by atoms with van der Waals surface area (Å²) in [4.78, 5) is 41.3. The normalized spacial score (nSPS) is 30.5. The Labute approximate surface area is 192 Å². The lowest BCUT2D eigenvalue weighted by molar-refractivity contribution is -0.154. The molecule has 1 aromatic carbocycles. The average molecular weight is 465 g/mol. The molecule has 3 heterocycles. The lowest BCUT2D eigenvalue weighted by atomic mass is 9.71. The summed E-state index contributed by atoms with van der Waals surface area (Å²) in [6.07, 6.45) is 2.74. The topological polar surface area (TPSA) is 105 Å². The van der Waals surface area contributed by atoms with Crippen molar-refractivity contribution in [1.82, 2.24) is 4.90 Å². The third-order valence-electron chi connectivity index (χ3n) is 6.78. The van der Waals surface area contributed by atoms with E-state index < -0.39 is 35.6 Å². The molecule has 3 saturated heterocycles. The maximum Gasteiger partial charge on any atom is 0.312 e. The van der Waals surface area contributed by atoms with Crippen LogP contribution in [0.1, 0.15) is 39.0 Å². The number of aliphatic hydroxyl groups is 1. The molecule has 3 aliphatic heterocycles. The molecule has 2 amide bonds. The molecule has 2 N–H and O–H groups in total. The zero-order valence-electron chi connectivity index (χ0n) is 18.1. The quantitative estimate of drug-likeness (QED) is 0.429. The number of nitrogens with one attached hydrogen (secondary N) is 1. The van der Waals surface area contributed by atoms with Gasteiger partial charge in [0.1, 0.15) is 11.6 Å². The number of halogens is 1. The Bertz CT molecular complexity index is 878. The number of likely N-dealkylation sites (tertiary alicyclic amines) is 1. The monoisotopic (exact) mass is 464 g/mol. The van der Waals surface area contributed by atoms with Gasteiger partial charge in [0.25, 0.3) is 0 Å². The molecule has 2 bridgehead atoms. The molecule has 3 fully saturated rings. The Morgan fingerprint density at radius 3 is 2.72 bits per heavy atom. The van der Waals surface area contributed by atoms with Crippen LogP contribution in [-0.4, -0.2) is 65.3 Å². The summed E-state index contributed by atoms with van der Waals surface area (Å²) >= 11 is 5.95. The van der Waals surface area contributed by atoms with Gasteiger partial charge in [-0.1, -0.05) is 11.6 Å². The van der Waals surface area contributed by atoms with Crippen LogP contribution in [0.4, 0.5) is 5.69 Å². The van der Waals surface area contributed by atoms with E-state index in [2.05, 4.69) is 5.32 Å². The molecule has 0 radical (unpaired) electrons. The molecule has 2 unspecified atom stereocenters. The molecule has 0 saturated carbocycles. The average Bonchev–Trinajstić information content (AvgIpc) is 3.40. The second-order valence-corrected chi connectivity index (χ2v) is 9.06. The number of nitrogens with zero attached hydrogens (tertiary/aromatic N) is 1. The fraction of sp³-hybridized carbons (Fsp3) is 0.609. The minimum absolute atomic E-state index is 0.0801. The number of amides is 2. The molecule has 5 atom stereocenters. The number of ether oxygens (including phenoxy) is 2. The SMILES string of the molecule is CCOC(=O)[C@@H]1[C@@H]2CCC3(O2)C(C(=O)Nc2ccc(Cl)cc2)N(CCCCCO)C(=O)[C@H]13. The zero-order valence-corrected chi connectivity index (χ0v) is 18.8. The smallest absolute Gasteiger partial charge is 0.312 e. The number of esters is 1. The molecule has 9 heteroatoms. The van der Waals surface area contributed by atoms with Gasteiger partial charge in [0.05, 0.1) is 24.5 Å². The lowest BCUT2D eigenvalue weighted by Gasteiger charge is -2.33. The van der Waals surface area contributed by atoms with Gasteiger partial charge in [0.15, 0.2) is 0 Å². The van der Waals surface area contributed by atoms with Crippen molar-refractivity contribution in [1.29, 1.82) is 0 Å².